The lowest BCUT2D eigenvalue weighted by Gasteiger charge is -2.21. The number of carbonyl (C=O) groups excluding carboxylic acids is 2. The molecule has 0 aliphatic heterocycles. The minimum absolute atomic E-state index is 0.207. The summed E-state index contributed by atoms with van der Waals surface area (Å²) in [7, 11) is 0. The van der Waals surface area contributed by atoms with Crippen LogP contribution in [-0.4, -0.2) is 18.5 Å². The molecule has 1 atom stereocenters. The van der Waals surface area contributed by atoms with Crippen molar-refractivity contribution in [2.45, 2.75) is 52.9 Å². The summed E-state index contributed by atoms with van der Waals surface area (Å²) < 4.78 is 5.21. The lowest BCUT2D eigenvalue weighted by Crippen LogP contribution is -2.16. The SMILES string of the molecule is CC=CC(=O)Nc1sc2c(c1C(=O)OCC)CCC(CCC)C2. The third-order valence-corrected chi connectivity index (χ3v) is 5.27. The zero-order chi connectivity index (χ0) is 16.8. The van der Waals surface area contributed by atoms with Gasteiger partial charge in [0.15, 0.2) is 0 Å². The molecule has 1 aromatic rings. The van der Waals surface area contributed by atoms with Crippen LogP contribution in [0.5, 0.6) is 0 Å². The molecule has 1 aromatic heterocycles. The quantitative estimate of drug-likeness (QED) is 0.621. The lowest BCUT2D eigenvalue weighted by molar-refractivity contribution is -0.111. The van der Waals surface area contributed by atoms with E-state index in [0.29, 0.717) is 23.1 Å². The Morgan fingerprint density at radius 1 is 1.39 bits per heavy atom. The fourth-order valence-corrected chi connectivity index (χ4v) is 4.47. The van der Waals surface area contributed by atoms with Gasteiger partial charge >= 0.3 is 5.97 Å². The van der Waals surface area contributed by atoms with Crippen molar-refractivity contribution in [3.05, 3.63) is 28.2 Å². The van der Waals surface area contributed by atoms with Crippen LogP contribution < -0.4 is 5.32 Å². The van der Waals surface area contributed by atoms with Crippen molar-refractivity contribution in [1.82, 2.24) is 0 Å². The van der Waals surface area contributed by atoms with Crippen molar-refractivity contribution in [2.75, 3.05) is 11.9 Å². The van der Waals surface area contributed by atoms with E-state index in [2.05, 4.69) is 12.2 Å². The molecule has 2 rings (SSSR count). The van der Waals surface area contributed by atoms with Crippen LogP contribution in [0.25, 0.3) is 0 Å². The summed E-state index contributed by atoms with van der Waals surface area (Å²) in [5.74, 6) is 0.150. The molecule has 23 heavy (non-hydrogen) atoms. The van der Waals surface area contributed by atoms with Gasteiger partial charge in [-0.1, -0.05) is 25.8 Å². The standard InChI is InChI=1S/C18H25NO3S/c1-4-7-12-9-10-13-14(11-12)23-17(19-15(20)8-5-2)16(13)18(21)22-6-3/h5,8,12H,4,6-7,9-11H2,1-3H3,(H,19,20). The summed E-state index contributed by atoms with van der Waals surface area (Å²) in [4.78, 5) is 25.5. The predicted molar refractivity (Wildman–Crippen MR) is 94.1 cm³/mol. The van der Waals surface area contributed by atoms with E-state index in [-0.39, 0.29) is 11.9 Å². The van der Waals surface area contributed by atoms with Crippen molar-refractivity contribution < 1.29 is 14.3 Å². The van der Waals surface area contributed by atoms with Gasteiger partial charge in [-0.05, 0) is 50.7 Å². The highest BCUT2D eigenvalue weighted by Crippen LogP contribution is 2.41. The number of nitrogens with one attached hydrogen (secondary N) is 1. The number of allylic oxidation sites excluding steroid dienone is 1. The summed E-state index contributed by atoms with van der Waals surface area (Å²) in [6.07, 6.45) is 8.54. The molecule has 1 unspecified atom stereocenters. The number of amides is 1. The maximum absolute atomic E-state index is 12.4. The van der Waals surface area contributed by atoms with Crippen LogP contribution in [0.15, 0.2) is 12.2 Å². The molecular weight excluding hydrogens is 310 g/mol. The summed E-state index contributed by atoms with van der Waals surface area (Å²) in [6.45, 7) is 6.13. The number of esters is 1. The molecule has 4 nitrogen and oxygen atoms in total. The maximum Gasteiger partial charge on any atom is 0.341 e. The van der Waals surface area contributed by atoms with Crippen molar-refractivity contribution in [3.63, 3.8) is 0 Å². The Kier molecular flexibility index (Phi) is 6.39. The van der Waals surface area contributed by atoms with Crippen molar-refractivity contribution >= 4 is 28.2 Å². The predicted octanol–water partition coefficient (Wildman–Crippen LogP) is 4.34. The van der Waals surface area contributed by atoms with Gasteiger partial charge in [-0.3, -0.25) is 4.79 Å². The number of ether oxygens (including phenoxy) is 1. The first kappa shape index (κ1) is 17.7. The zero-order valence-corrected chi connectivity index (χ0v) is 14.9. The van der Waals surface area contributed by atoms with Crippen LogP contribution in [0.1, 0.15) is 60.8 Å². The van der Waals surface area contributed by atoms with Crippen LogP contribution >= 0.6 is 11.3 Å². The molecule has 0 spiro atoms. The van der Waals surface area contributed by atoms with Crippen molar-refractivity contribution in [3.8, 4) is 0 Å². The molecule has 1 heterocycles. The second-order valence-corrected chi connectivity index (χ2v) is 6.92. The van der Waals surface area contributed by atoms with E-state index in [9.17, 15) is 9.59 Å². The third-order valence-electron chi connectivity index (χ3n) is 4.10. The lowest BCUT2D eigenvalue weighted by atomic mass is 9.84. The summed E-state index contributed by atoms with van der Waals surface area (Å²) in [5.41, 5.74) is 1.65. The molecule has 0 radical (unpaired) electrons. The largest absolute Gasteiger partial charge is 0.462 e. The van der Waals surface area contributed by atoms with Gasteiger partial charge in [-0.25, -0.2) is 4.79 Å². The molecular formula is C18H25NO3S. The molecule has 5 heteroatoms. The highest BCUT2D eigenvalue weighted by atomic mass is 32.1. The Labute approximate surface area is 141 Å². The zero-order valence-electron chi connectivity index (χ0n) is 14.1. The molecule has 0 bridgehead atoms. The molecule has 1 aliphatic carbocycles. The van der Waals surface area contributed by atoms with E-state index in [1.54, 1.807) is 19.9 Å². The number of hydrogen-bond acceptors (Lipinski definition) is 4. The highest BCUT2D eigenvalue weighted by molar-refractivity contribution is 7.17. The number of hydrogen-bond donors (Lipinski definition) is 1. The Morgan fingerprint density at radius 3 is 2.83 bits per heavy atom. The highest BCUT2D eigenvalue weighted by Gasteiger charge is 2.29. The van der Waals surface area contributed by atoms with E-state index in [0.717, 1.165) is 24.8 Å². The molecule has 0 saturated carbocycles. The summed E-state index contributed by atoms with van der Waals surface area (Å²) in [6, 6.07) is 0. The van der Waals surface area contributed by atoms with E-state index < -0.39 is 0 Å². The van der Waals surface area contributed by atoms with Crippen molar-refractivity contribution in [2.24, 2.45) is 5.92 Å². The van der Waals surface area contributed by atoms with Gasteiger partial charge in [0.25, 0.3) is 0 Å². The summed E-state index contributed by atoms with van der Waals surface area (Å²) in [5, 5.41) is 3.48. The molecule has 0 aromatic carbocycles. The fourth-order valence-electron chi connectivity index (χ4n) is 3.12. The average molecular weight is 335 g/mol. The second-order valence-electron chi connectivity index (χ2n) is 5.82. The first-order chi connectivity index (χ1) is 11.1. The fraction of sp³-hybridized carbons (Fsp3) is 0.556. The molecule has 0 fully saturated rings. The Hall–Kier alpha value is -1.62. The smallest absolute Gasteiger partial charge is 0.341 e. The van der Waals surface area contributed by atoms with E-state index in [1.807, 2.05) is 0 Å². The van der Waals surface area contributed by atoms with Gasteiger partial charge in [0.05, 0.1) is 12.2 Å². The van der Waals surface area contributed by atoms with Gasteiger partial charge in [-0.2, -0.15) is 0 Å². The van der Waals surface area contributed by atoms with Gasteiger partial charge in [0.1, 0.15) is 5.00 Å². The minimum atomic E-state index is -0.324. The van der Waals surface area contributed by atoms with Crippen LogP contribution in [0.2, 0.25) is 0 Å². The van der Waals surface area contributed by atoms with E-state index in [4.69, 9.17) is 4.74 Å². The number of fused-ring (bicyclic) bond motifs is 1. The number of carbonyl (C=O) groups is 2. The third kappa shape index (κ3) is 4.22. The normalized spacial score (nSPS) is 17.1. The van der Waals surface area contributed by atoms with Gasteiger partial charge < -0.3 is 10.1 Å². The van der Waals surface area contributed by atoms with Gasteiger partial charge in [0, 0.05) is 4.88 Å². The van der Waals surface area contributed by atoms with Crippen LogP contribution in [0.4, 0.5) is 5.00 Å². The van der Waals surface area contributed by atoms with E-state index in [1.165, 1.54) is 35.1 Å². The van der Waals surface area contributed by atoms with Crippen LogP contribution in [0.3, 0.4) is 0 Å². The average Bonchev–Trinajstić information content (AvgIpc) is 2.85. The van der Waals surface area contributed by atoms with Gasteiger partial charge in [0.2, 0.25) is 5.91 Å². The van der Waals surface area contributed by atoms with Gasteiger partial charge in [-0.15, -0.1) is 11.3 Å². The maximum atomic E-state index is 12.4. The number of rotatable bonds is 6. The molecule has 1 aliphatic rings. The second kappa shape index (κ2) is 8.29. The molecule has 1 N–H and O–H groups in total. The van der Waals surface area contributed by atoms with Crippen molar-refractivity contribution in [1.29, 1.82) is 0 Å². The minimum Gasteiger partial charge on any atom is -0.462 e. The first-order valence-electron chi connectivity index (χ1n) is 8.35. The van der Waals surface area contributed by atoms with E-state index >= 15 is 0 Å². The Balaban J connectivity index is 2.33. The number of anilines is 1. The molecule has 126 valence electrons. The topological polar surface area (TPSA) is 55.4 Å². The Morgan fingerprint density at radius 2 is 2.17 bits per heavy atom. The first-order valence-corrected chi connectivity index (χ1v) is 9.17. The Bertz CT molecular complexity index is 604. The van der Waals surface area contributed by atoms with Crippen LogP contribution in [0, 0.1) is 5.92 Å². The molecule has 0 saturated heterocycles. The molecule has 1 amide bonds. The number of thiophene rings is 1. The monoisotopic (exact) mass is 335 g/mol. The van der Waals surface area contributed by atoms with Crippen LogP contribution in [-0.2, 0) is 22.4 Å². The summed E-state index contributed by atoms with van der Waals surface area (Å²) >= 11 is 1.53.